The molecule has 108 valence electrons. The largest absolute Gasteiger partial charge is 0.494 e. The number of rotatable bonds is 2. The van der Waals surface area contributed by atoms with Crippen LogP contribution in [0.1, 0.15) is 70.3 Å². The minimum absolute atomic E-state index is 0.0252. The summed E-state index contributed by atoms with van der Waals surface area (Å²) < 4.78 is 45.4. The molecule has 2 nitrogen and oxygen atoms in total. The average molecular weight is 276 g/mol. The lowest BCUT2D eigenvalue weighted by Crippen LogP contribution is -2.41. The van der Waals surface area contributed by atoms with Crippen LogP contribution in [0.3, 0.4) is 0 Å². The van der Waals surface area contributed by atoms with E-state index in [0.29, 0.717) is 11.0 Å². The summed E-state index contributed by atoms with van der Waals surface area (Å²) in [5.74, 6) is 0.135. The maximum Gasteiger partial charge on any atom is 0.494 e. The SMILES string of the molecule is [2H]c1c([2H])c(B2OC(C)(C)C(C)(C)O2)c([2H])c(C2CCCC2)c1[2H]. The standard InChI is InChI=1S/C17H25BO2/c1-16(2)17(3,4)20-18(19-16)15-11-7-10-14(12-15)13-8-5-6-9-13/h7,10-13H,5-6,8-9H2,1-4H3/i7D,10D,11D,12D. The van der Waals surface area contributed by atoms with Gasteiger partial charge in [-0.2, -0.15) is 0 Å². The van der Waals surface area contributed by atoms with Gasteiger partial charge in [0, 0.05) is 0 Å². The number of hydrogen-bond acceptors (Lipinski definition) is 2. The molecule has 1 heterocycles. The summed E-state index contributed by atoms with van der Waals surface area (Å²) in [5, 5.41) is 0. The monoisotopic (exact) mass is 276 g/mol. The molecule has 2 aliphatic rings. The minimum Gasteiger partial charge on any atom is -0.399 e. The van der Waals surface area contributed by atoms with E-state index in [1.807, 2.05) is 27.7 Å². The molecule has 3 rings (SSSR count). The summed E-state index contributed by atoms with van der Waals surface area (Å²) in [6, 6.07) is -0.0635. The summed E-state index contributed by atoms with van der Waals surface area (Å²) in [4.78, 5) is 0. The molecule has 20 heavy (non-hydrogen) atoms. The zero-order valence-electron chi connectivity index (χ0n) is 16.8. The Morgan fingerprint density at radius 1 is 1.10 bits per heavy atom. The van der Waals surface area contributed by atoms with Gasteiger partial charge in [0.2, 0.25) is 0 Å². The van der Waals surface area contributed by atoms with E-state index in [-0.39, 0.29) is 30.1 Å². The molecule has 0 unspecified atom stereocenters. The van der Waals surface area contributed by atoms with Crippen molar-refractivity contribution in [2.45, 2.75) is 70.5 Å². The molecule has 1 saturated heterocycles. The van der Waals surface area contributed by atoms with Gasteiger partial charge >= 0.3 is 7.12 Å². The van der Waals surface area contributed by atoms with Crippen LogP contribution >= 0.6 is 0 Å². The Morgan fingerprint density at radius 3 is 2.30 bits per heavy atom. The summed E-state index contributed by atoms with van der Waals surface area (Å²) >= 11 is 0. The van der Waals surface area contributed by atoms with E-state index in [1.54, 1.807) is 0 Å². The molecule has 1 aromatic carbocycles. The van der Waals surface area contributed by atoms with E-state index in [2.05, 4.69) is 0 Å². The van der Waals surface area contributed by atoms with E-state index in [0.717, 1.165) is 25.7 Å². The van der Waals surface area contributed by atoms with Gasteiger partial charge in [-0.25, -0.2) is 0 Å². The molecule has 2 fully saturated rings. The number of benzene rings is 1. The van der Waals surface area contributed by atoms with Crippen LogP contribution in [0.4, 0.5) is 0 Å². The predicted molar refractivity (Wildman–Crippen MR) is 83.4 cm³/mol. The highest BCUT2D eigenvalue weighted by molar-refractivity contribution is 6.62. The third-order valence-electron chi connectivity index (χ3n) is 4.92. The fourth-order valence-electron chi connectivity index (χ4n) is 2.87. The van der Waals surface area contributed by atoms with Gasteiger partial charge in [-0.15, -0.1) is 0 Å². The third kappa shape index (κ3) is 2.42. The topological polar surface area (TPSA) is 18.5 Å². The fraction of sp³-hybridized carbons (Fsp3) is 0.647. The minimum atomic E-state index is -0.833. The van der Waals surface area contributed by atoms with Gasteiger partial charge in [0.15, 0.2) is 0 Å². The predicted octanol–water partition coefficient (Wildman–Crippen LogP) is 3.64. The fourth-order valence-corrected chi connectivity index (χ4v) is 2.87. The smallest absolute Gasteiger partial charge is 0.399 e. The molecule has 0 atom stereocenters. The molecule has 0 radical (unpaired) electrons. The molecule has 0 aromatic heterocycles. The Hall–Kier alpha value is -0.795. The van der Waals surface area contributed by atoms with E-state index in [9.17, 15) is 0 Å². The first-order valence-electron chi connectivity index (χ1n) is 9.52. The molecule has 1 aliphatic carbocycles. The zero-order valence-corrected chi connectivity index (χ0v) is 12.8. The van der Waals surface area contributed by atoms with Crippen molar-refractivity contribution in [2.75, 3.05) is 0 Å². The van der Waals surface area contributed by atoms with Crippen molar-refractivity contribution >= 4 is 12.6 Å². The summed E-state index contributed by atoms with van der Waals surface area (Å²) in [6.07, 6.45) is 4.06. The van der Waals surface area contributed by atoms with Gasteiger partial charge in [-0.1, -0.05) is 37.0 Å². The first-order chi connectivity index (χ1) is 11.1. The Bertz CT molecular complexity index is 653. The van der Waals surface area contributed by atoms with Gasteiger partial charge in [0.1, 0.15) is 0 Å². The quantitative estimate of drug-likeness (QED) is 0.768. The van der Waals surface area contributed by atoms with Crippen molar-refractivity contribution in [3.05, 3.63) is 29.7 Å². The molecule has 0 spiro atoms. The second-order valence-corrected chi connectivity index (χ2v) is 6.90. The van der Waals surface area contributed by atoms with Gasteiger partial charge in [-0.05, 0) is 57.5 Å². The van der Waals surface area contributed by atoms with Crippen LogP contribution in [0.15, 0.2) is 24.2 Å². The lowest BCUT2D eigenvalue weighted by molar-refractivity contribution is 0.00578. The van der Waals surface area contributed by atoms with Crippen LogP contribution in [0, 0.1) is 0 Å². The van der Waals surface area contributed by atoms with Crippen molar-refractivity contribution in [1.82, 2.24) is 0 Å². The van der Waals surface area contributed by atoms with Crippen LogP contribution in [0.2, 0.25) is 0 Å². The Kier molecular flexibility index (Phi) is 2.45. The molecule has 1 aliphatic heterocycles. The van der Waals surface area contributed by atoms with E-state index < -0.39 is 18.3 Å². The molecule has 1 saturated carbocycles. The first kappa shape index (κ1) is 10.0. The third-order valence-corrected chi connectivity index (χ3v) is 4.92. The molecule has 0 bridgehead atoms. The molecular formula is C17H25BO2. The van der Waals surface area contributed by atoms with Crippen LogP contribution in [-0.4, -0.2) is 18.3 Å². The maximum atomic E-state index is 8.63. The second kappa shape index (κ2) is 4.89. The zero-order chi connectivity index (χ0) is 17.9. The number of hydrogen-bond donors (Lipinski definition) is 0. The summed E-state index contributed by atoms with van der Waals surface area (Å²) in [7, 11) is -0.833. The van der Waals surface area contributed by atoms with E-state index in [4.69, 9.17) is 14.8 Å². The van der Waals surface area contributed by atoms with Gasteiger partial charge in [0.25, 0.3) is 0 Å². The lowest BCUT2D eigenvalue weighted by atomic mass is 9.77. The van der Waals surface area contributed by atoms with Crippen LogP contribution < -0.4 is 5.46 Å². The summed E-state index contributed by atoms with van der Waals surface area (Å²) in [5.41, 5.74) is -0.229. The molecule has 3 heteroatoms. The Morgan fingerprint density at radius 2 is 1.70 bits per heavy atom. The average Bonchev–Trinajstić information content (AvgIpc) is 3.04. The summed E-state index contributed by atoms with van der Waals surface area (Å²) in [6.45, 7) is 7.72. The van der Waals surface area contributed by atoms with Crippen LogP contribution in [0.5, 0.6) is 0 Å². The first-order valence-corrected chi connectivity index (χ1v) is 7.52. The lowest BCUT2D eigenvalue weighted by Gasteiger charge is -2.32. The normalized spacial score (nSPS) is 28.1. The maximum absolute atomic E-state index is 8.63. The van der Waals surface area contributed by atoms with Crippen molar-refractivity contribution in [3.8, 4) is 0 Å². The van der Waals surface area contributed by atoms with Crippen molar-refractivity contribution < 1.29 is 14.8 Å². The van der Waals surface area contributed by atoms with Gasteiger partial charge < -0.3 is 9.31 Å². The molecule has 0 amide bonds. The van der Waals surface area contributed by atoms with E-state index >= 15 is 0 Å². The molecule has 0 N–H and O–H groups in total. The van der Waals surface area contributed by atoms with Gasteiger partial charge in [0.05, 0.1) is 16.7 Å². The Balaban J connectivity index is 2.12. The molecular weight excluding hydrogens is 247 g/mol. The van der Waals surface area contributed by atoms with Crippen molar-refractivity contribution in [2.24, 2.45) is 0 Å². The van der Waals surface area contributed by atoms with Crippen molar-refractivity contribution in [3.63, 3.8) is 0 Å². The van der Waals surface area contributed by atoms with Gasteiger partial charge in [-0.3, -0.25) is 0 Å². The molecule has 1 aromatic rings. The highest BCUT2D eigenvalue weighted by Crippen LogP contribution is 2.37. The second-order valence-electron chi connectivity index (χ2n) is 6.90. The van der Waals surface area contributed by atoms with E-state index in [1.165, 1.54) is 0 Å². The Labute approximate surface area is 128 Å². The highest BCUT2D eigenvalue weighted by atomic mass is 16.7. The van der Waals surface area contributed by atoms with Crippen molar-refractivity contribution in [1.29, 1.82) is 0 Å². The van der Waals surface area contributed by atoms with Crippen LogP contribution in [0.25, 0.3) is 0 Å². The highest BCUT2D eigenvalue weighted by Gasteiger charge is 2.51. The van der Waals surface area contributed by atoms with Crippen LogP contribution in [-0.2, 0) is 9.31 Å².